The lowest BCUT2D eigenvalue weighted by Crippen LogP contribution is -2.41. The number of carbonyl (C=O) groups excluding carboxylic acids is 1. The molecule has 0 saturated heterocycles. The summed E-state index contributed by atoms with van der Waals surface area (Å²) in [6, 6.07) is 16.1. The Kier molecular flexibility index (Phi) is 5.80. The topological polar surface area (TPSA) is 70.6 Å². The van der Waals surface area contributed by atoms with Gasteiger partial charge in [0.25, 0.3) is 0 Å². The van der Waals surface area contributed by atoms with Crippen LogP contribution in [0.1, 0.15) is 5.56 Å². The van der Waals surface area contributed by atoms with Gasteiger partial charge in [-0.05, 0) is 36.2 Å². The lowest BCUT2D eigenvalue weighted by atomic mass is 10.1. The molecule has 2 amide bonds. The maximum Gasteiger partial charge on any atom is 0.319 e. The first-order chi connectivity index (χ1) is 10.7. The van der Waals surface area contributed by atoms with Crippen LogP contribution in [-0.2, 0) is 6.42 Å². The zero-order chi connectivity index (χ0) is 15.8. The molecule has 0 aliphatic carbocycles. The molecule has 2 aromatic rings. The first kappa shape index (κ1) is 15.9. The summed E-state index contributed by atoms with van der Waals surface area (Å²) in [7, 11) is 1.59. The molecule has 0 spiro atoms. The molecule has 5 nitrogen and oxygen atoms in total. The van der Waals surface area contributed by atoms with Crippen LogP contribution in [0.4, 0.5) is 10.5 Å². The van der Waals surface area contributed by atoms with Gasteiger partial charge in [0.2, 0.25) is 0 Å². The predicted octanol–water partition coefficient (Wildman–Crippen LogP) is 2.42. The Hall–Kier alpha value is -2.53. The number of urea groups is 1. The van der Waals surface area contributed by atoms with Gasteiger partial charge in [0.1, 0.15) is 5.75 Å². The average Bonchev–Trinajstić information content (AvgIpc) is 2.56. The zero-order valence-electron chi connectivity index (χ0n) is 12.5. The summed E-state index contributed by atoms with van der Waals surface area (Å²) < 4.78 is 5.06. The molecule has 0 aliphatic heterocycles. The minimum absolute atomic E-state index is 0.120. The van der Waals surface area contributed by atoms with Gasteiger partial charge in [-0.3, -0.25) is 0 Å². The predicted molar refractivity (Wildman–Crippen MR) is 86.2 cm³/mol. The molecule has 2 aromatic carbocycles. The van der Waals surface area contributed by atoms with E-state index in [-0.39, 0.29) is 18.7 Å². The molecule has 0 unspecified atom stereocenters. The van der Waals surface area contributed by atoms with Gasteiger partial charge in [0.05, 0.1) is 19.8 Å². The Morgan fingerprint density at radius 2 is 1.82 bits per heavy atom. The number of rotatable bonds is 6. The van der Waals surface area contributed by atoms with Gasteiger partial charge in [0.15, 0.2) is 0 Å². The van der Waals surface area contributed by atoms with Crippen LogP contribution < -0.4 is 15.4 Å². The normalized spacial score (nSPS) is 11.5. The third-order valence-corrected chi connectivity index (χ3v) is 3.23. The summed E-state index contributed by atoms with van der Waals surface area (Å²) >= 11 is 0. The molecular formula is C17H20N2O3. The highest BCUT2D eigenvalue weighted by atomic mass is 16.5. The van der Waals surface area contributed by atoms with E-state index in [1.807, 2.05) is 30.3 Å². The number of methoxy groups -OCH3 is 1. The lowest BCUT2D eigenvalue weighted by Gasteiger charge is -2.17. The molecule has 22 heavy (non-hydrogen) atoms. The van der Waals surface area contributed by atoms with Crippen molar-refractivity contribution < 1.29 is 14.6 Å². The number of carbonyl (C=O) groups is 1. The lowest BCUT2D eigenvalue weighted by molar-refractivity contribution is 0.224. The Morgan fingerprint density at radius 3 is 2.41 bits per heavy atom. The summed E-state index contributed by atoms with van der Waals surface area (Å²) in [6.45, 7) is -0.120. The van der Waals surface area contributed by atoms with Crippen LogP contribution in [0.5, 0.6) is 5.75 Å². The van der Waals surface area contributed by atoms with E-state index in [2.05, 4.69) is 10.6 Å². The molecule has 0 heterocycles. The standard InChI is InChI=1S/C17H20N2O3/c1-22-16-9-7-14(8-10-16)18-17(21)19-15(12-20)11-13-5-3-2-4-6-13/h2-10,15,20H,11-12H2,1H3,(H2,18,19,21)/t15-/m0/s1. The Labute approximate surface area is 129 Å². The average molecular weight is 300 g/mol. The minimum atomic E-state index is -0.347. The molecular weight excluding hydrogens is 280 g/mol. The molecule has 5 heteroatoms. The van der Waals surface area contributed by atoms with Crippen LogP contribution in [0.3, 0.4) is 0 Å². The fourth-order valence-electron chi connectivity index (χ4n) is 2.09. The largest absolute Gasteiger partial charge is 0.497 e. The fraction of sp³-hybridized carbons (Fsp3) is 0.235. The molecule has 1 atom stereocenters. The van der Waals surface area contributed by atoms with E-state index >= 15 is 0 Å². The maximum absolute atomic E-state index is 12.0. The van der Waals surface area contributed by atoms with Crippen molar-refractivity contribution >= 4 is 11.7 Å². The van der Waals surface area contributed by atoms with Crippen LogP contribution in [0.15, 0.2) is 54.6 Å². The van der Waals surface area contributed by atoms with E-state index in [1.54, 1.807) is 31.4 Å². The van der Waals surface area contributed by atoms with Gasteiger partial charge in [-0.15, -0.1) is 0 Å². The van der Waals surface area contributed by atoms with Crippen molar-refractivity contribution in [3.05, 3.63) is 60.2 Å². The van der Waals surface area contributed by atoms with Gasteiger partial charge in [-0.2, -0.15) is 0 Å². The summed E-state index contributed by atoms with van der Waals surface area (Å²) in [6.07, 6.45) is 0.577. The van der Waals surface area contributed by atoms with Crippen molar-refractivity contribution in [1.29, 1.82) is 0 Å². The quantitative estimate of drug-likeness (QED) is 0.767. The maximum atomic E-state index is 12.0. The van der Waals surface area contributed by atoms with Crippen LogP contribution in [0, 0.1) is 0 Å². The Morgan fingerprint density at radius 1 is 1.14 bits per heavy atom. The second kappa shape index (κ2) is 8.05. The molecule has 0 aromatic heterocycles. The van der Waals surface area contributed by atoms with E-state index in [4.69, 9.17) is 4.74 Å². The van der Waals surface area contributed by atoms with Crippen molar-refractivity contribution in [2.75, 3.05) is 19.0 Å². The van der Waals surface area contributed by atoms with Crippen LogP contribution in [0.25, 0.3) is 0 Å². The third-order valence-electron chi connectivity index (χ3n) is 3.23. The van der Waals surface area contributed by atoms with Gasteiger partial charge < -0.3 is 20.5 Å². The van der Waals surface area contributed by atoms with Crippen molar-refractivity contribution in [3.63, 3.8) is 0 Å². The second-order valence-corrected chi connectivity index (χ2v) is 4.90. The number of amides is 2. The van der Waals surface area contributed by atoms with Crippen molar-refractivity contribution in [1.82, 2.24) is 5.32 Å². The molecule has 0 saturated carbocycles. The first-order valence-electron chi connectivity index (χ1n) is 7.07. The number of anilines is 1. The first-order valence-corrected chi connectivity index (χ1v) is 7.07. The van der Waals surface area contributed by atoms with E-state index < -0.39 is 0 Å². The highest BCUT2D eigenvalue weighted by molar-refractivity contribution is 5.89. The Bertz CT molecular complexity index is 585. The van der Waals surface area contributed by atoms with E-state index in [0.29, 0.717) is 12.1 Å². The number of benzene rings is 2. The minimum Gasteiger partial charge on any atom is -0.497 e. The number of hydrogen-bond donors (Lipinski definition) is 3. The van der Waals surface area contributed by atoms with Crippen molar-refractivity contribution in [2.24, 2.45) is 0 Å². The van der Waals surface area contributed by atoms with E-state index in [0.717, 1.165) is 11.3 Å². The van der Waals surface area contributed by atoms with Crippen LogP contribution in [-0.4, -0.2) is 30.9 Å². The zero-order valence-corrected chi connectivity index (χ0v) is 12.5. The van der Waals surface area contributed by atoms with Gasteiger partial charge in [-0.1, -0.05) is 30.3 Å². The summed E-state index contributed by atoms with van der Waals surface area (Å²) in [5.41, 5.74) is 1.72. The number of nitrogens with one attached hydrogen (secondary N) is 2. The summed E-state index contributed by atoms with van der Waals surface area (Å²) in [5.74, 6) is 0.725. The van der Waals surface area contributed by atoms with Gasteiger partial charge in [-0.25, -0.2) is 4.79 Å². The number of aliphatic hydroxyl groups is 1. The van der Waals surface area contributed by atoms with Gasteiger partial charge >= 0.3 is 6.03 Å². The van der Waals surface area contributed by atoms with Crippen LogP contribution in [0.2, 0.25) is 0 Å². The van der Waals surface area contributed by atoms with E-state index in [9.17, 15) is 9.90 Å². The Balaban J connectivity index is 1.88. The van der Waals surface area contributed by atoms with Crippen molar-refractivity contribution in [3.8, 4) is 5.75 Å². The van der Waals surface area contributed by atoms with Crippen molar-refractivity contribution in [2.45, 2.75) is 12.5 Å². The highest BCUT2D eigenvalue weighted by Crippen LogP contribution is 2.14. The molecule has 0 radical (unpaired) electrons. The molecule has 116 valence electrons. The smallest absolute Gasteiger partial charge is 0.319 e. The summed E-state index contributed by atoms with van der Waals surface area (Å²) in [4.78, 5) is 12.0. The molecule has 0 fully saturated rings. The summed E-state index contributed by atoms with van der Waals surface area (Å²) in [5, 5.41) is 14.9. The highest BCUT2D eigenvalue weighted by Gasteiger charge is 2.12. The number of ether oxygens (including phenoxy) is 1. The molecule has 2 rings (SSSR count). The fourth-order valence-corrected chi connectivity index (χ4v) is 2.09. The number of aliphatic hydroxyl groups excluding tert-OH is 1. The molecule has 0 bridgehead atoms. The second-order valence-electron chi connectivity index (χ2n) is 4.90. The van der Waals surface area contributed by atoms with E-state index in [1.165, 1.54) is 0 Å². The number of hydrogen-bond acceptors (Lipinski definition) is 3. The molecule has 3 N–H and O–H groups in total. The van der Waals surface area contributed by atoms with Crippen LogP contribution >= 0.6 is 0 Å². The third kappa shape index (κ3) is 4.79. The van der Waals surface area contributed by atoms with Gasteiger partial charge in [0, 0.05) is 5.69 Å². The monoisotopic (exact) mass is 300 g/mol. The SMILES string of the molecule is COc1ccc(NC(=O)N[C@H](CO)Cc2ccccc2)cc1. The molecule has 0 aliphatic rings.